The maximum Gasteiger partial charge on any atom is 0.245 e. The predicted molar refractivity (Wildman–Crippen MR) is 79.8 cm³/mol. The summed E-state index contributed by atoms with van der Waals surface area (Å²) in [7, 11) is -3.56. The number of likely N-dealkylation sites (N-methyl/N-ethyl adjacent to an activating group) is 1. The van der Waals surface area contributed by atoms with Crippen molar-refractivity contribution >= 4 is 44.6 Å². The average molecular weight is 343 g/mol. The van der Waals surface area contributed by atoms with E-state index in [2.05, 4.69) is 5.32 Å². The molecule has 1 saturated heterocycles. The van der Waals surface area contributed by atoms with E-state index in [0.717, 1.165) is 30.7 Å². The van der Waals surface area contributed by atoms with Crippen molar-refractivity contribution in [3.8, 4) is 0 Å². The van der Waals surface area contributed by atoms with Crippen LogP contribution < -0.4 is 5.32 Å². The Bertz CT molecular complexity index is 539. The molecule has 1 unspecified atom stereocenters. The highest BCUT2D eigenvalue weighted by molar-refractivity contribution is 7.89. The molecule has 4 nitrogen and oxygen atoms in total. The molecule has 1 aromatic heterocycles. The monoisotopic (exact) mass is 342 g/mol. The van der Waals surface area contributed by atoms with Crippen molar-refractivity contribution in [2.24, 2.45) is 0 Å². The van der Waals surface area contributed by atoms with Gasteiger partial charge in [0.2, 0.25) is 10.0 Å². The van der Waals surface area contributed by atoms with Crippen molar-refractivity contribution in [1.29, 1.82) is 0 Å². The van der Waals surface area contributed by atoms with Crippen LogP contribution in [0.2, 0.25) is 8.67 Å². The smallest absolute Gasteiger partial charge is 0.245 e. The second kappa shape index (κ2) is 6.28. The van der Waals surface area contributed by atoms with E-state index in [1.54, 1.807) is 0 Å². The largest absolute Gasteiger partial charge is 0.313 e. The van der Waals surface area contributed by atoms with E-state index in [1.807, 2.05) is 6.92 Å². The fourth-order valence-corrected chi connectivity index (χ4v) is 5.80. The Hall–Kier alpha value is 0.150. The van der Waals surface area contributed by atoms with Gasteiger partial charge in [0.25, 0.3) is 0 Å². The normalized spacial score (nSPS) is 20.3. The molecule has 1 atom stereocenters. The number of nitrogens with zero attached hydrogens (tertiary/aromatic N) is 1. The lowest BCUT2D eigenvalue weighted by atomic mass is 10.2. The first-order chi connectivity index (χ1) is 8.95. The van der Waals surface area contributed by atoms with Crippen LogP contribution in [0.15, 0.2) is 11.0 Å². The van der Waals surface area contributed by atoms with Crippen LogP contribution in [0.1, 0.15) is 19.8 Å². The first-order valence-electron chi connectivity index (χ1n) is 6.13. The number of rotatable bonds is 5. The number of hydrogen-bond acceptors (Lipinski definition) is 4. The van der Waals surface area contributed by atoms with Gasteiger partial charge in [-0.2, -0.15) is 4.31 Å². The van der Waals surface area contributed by atoms with E-state index in [1.165, 1.54) is 10.4 Å². The van der Waals surface area contributed by atoms with Gasteiger partial charge in [0.1, 0.15) is 9.23 Å². The van der Waals surface area contributed by atoms with Gasteiger partial charge in [-0.25, -0.2) is 8.42 Å². The number of sulfonamides is 1. The van der Waals surface area contributed by atoms with E-state index < -0.39 is 10.0 Å². The first-order valence-corrected chi connectivity index (χ1v) is 9.14. The van der Waals surface area contributed by atoms with Crippen molar-refractivity contribution in [2.75, 3.05) is 19.6 Å². The van der Waals surface area contributed by atoms with Crippen molar-refractivity contribution in [2.45, 2.75) is 30.7 Å². The van der Waals surface area contributed by atoms with Crippen LogP contribution >= 0.6 is 34.5 Å². The lowest BCUT2D eigenvalue weighted by Gasteiger charge is -2.23. The molecule has 108 valence electrons. The molecule has 0 saturated carbocycles. The van der Waals surface area contributed by atoms with E-state index in [-0.39, 0.29) is 15.3 Å². The number of hydrogen-bond donors (Lipinski definition) is 1. The zero-order valence-electron chi connectivity index (χ0n) is 10.5. The van der Waals surface area contributed by atoms with Crippen molar-refractivity contribution in [3.63, 3.8) is 0 Å². The van der Waals surface area contributed by atoms with Gasteiger partial charge < -0.3 is 5.32 Å². The third-order valence-electron chi connectivity index (χ3n) is 3.18. The summed E-state index contributed by atoms with van der Waals surface area (Å²) in [5.41, 5.74) is 0. The third-order valence-corrected chi connectivity index (χ3v) is 6.88. The van der Waals surface area contributed by atoms with Gasteiger partial charge in [-0.15, -0.1) is 11.3 Å². The fraction of sp³-hybridized carbons (Fsp3) is 0.636. The Kier molecular flexibility index (Phi) is 5.14. The standard InChI is InChI=1S/C11H16Cl2N2O2S2/c1-2-15(7-8-4-3-5-14-8)19(16,17)9-6-10(12)18-11(9)13/h6,8,14H,2-5,7H2,1H3. The Labute approximate surface area is 127 Å². The zero-order chi connectivity index (χ0) is 14.0. The van der Waals surface area contributed by atoms with Gasteiger partial charge in [-0.1, -0.05) is 30.1 Å². The molecule has 0 bridgehead atoms. The van der Waals surface area contributed by atoms with Gasteiger partial charge in [-0.05, 0) is 25.5 Å². The topological polar surface area (TPSA) is 49.4 Å². The summed E-state index contributed by atoms with van der Waals surface area (Å²) in [6.07, 6.45) is 2.09. The van der Waals surface area contributed by atoms with Gasteiger partial charge in [0.15, 0.2) is 0 Å². The molecule has 2 heterocycles. The van der Waals surface area contributed by atoms with Gasteiger partial charge in [-0.3, -0.25) is 0 Å². The van der Waals surface area contributed by atoms with Crippen molar-refractivity contribution in [1.82, 2.24) is 9.62 Å². The molecule has 1 aliphatic heterocycles. The minimum atomic E-state index is -3.56. The number of halogens is 2. The molecule has 19 heavy (non-hydrogen) atoms. The second-order valence-electron chi connectivity index (χ2n) is 4.44. The molecule has 1 aliphatic rings. The predicted octanol–water partition coefficient (Wildman–Crippen LogP) is 2.82. The quantitative estimate of drug-likeness (QED) is 0.894. The minimum Gasteiger partial charge on any atom is -0.313 e. The molecule has 1 fully saturated rings. The van der Waals surface area contributed by atoms with Crippen LogP contribution in [0, 0.1) is 0 Å². The summed E-state index contributed by atoms with van der Waals surface area (Å²) in [5.74, 6) is 0. The Balaban J connectivity index is 2.22. The van der Waals surface area contributed by atoms with E-state index >= 15 is 0 Å². The molecular weight excluding hydrogens is 327 g/mol. The van der Waals surface area contributed by atoms with Crippen molar-refractivity contribution < 1.29 is 8.42 Å². The maximum atomic E-state index is 12.5. The lowest BCUT2D eigenvalue weighted by molar-refractivity contribution is 0.383. The second-order valence-corrected chi connectivity index (χ2v) is 8.63. The molecule has 0 spiro atoms. The van der Waals surface area contributed by atoms with Crippen LogP contribution in [0.3, 0.4) is 0 Å². The molecule has 0 aromatic carbocycles. The SMILES string of the molecule is CCN(CC1CCCN1)S(=O)(=O)c1cc(Cl)sc1Cl. The van der Waals surface area contributed by atoms with Crippen molar-refractivity contribution in [3.05, 3.63) is 14.7 Å². The van der Waals surface area contributed by atoms with Crippen LogP contribution in [0.4, 0.5) is 0 Å². The van der Waals surface area contributed by atoms with Crippen LogP contribution in [-0.4, -0.2) is 38.4 Å². The molecular formula is C11H16Cl2N2O2S2. The van der Waals surface area contributed by atoms with Crippen LogP contribution in [0.5, 0.6) is 0 Å². The molecule has 1 N–H and O–H groups in total. The fourth-order valence-electron chi connectivity index (χ4n) is 2.20. The lowest BCUT2D eigenvalue weighted by Crippen LogP contribution is -2.40. The number of thiophene rings is 1. The first kappa shape index (κ1) is 15.5. The summed E-state index contributed by atoms with van der Waals surface area (Å²) < 4.78 is 27.2. The minimum absolute atomic E-state index is 0.115. The van der Waals surface area contributed by atoms with E-state index in [0.29, 0.717) is 17.4 Å². The van der Waals surface area contributed by atoms with E-state index in [4.69, 9.17) is 23.2 Å². The molecule has 0 amide bonds. The molecule has 2 rings (SSSR count). The summed E-state index contributed by atoms with van der Waals surface area (Å²) in [5, 5.41) is 3.30. The van der Waals surface area contributed by atoms with E-state index in [9.17, 15) is 8.42 Å². The van der Waals surface area contributed by atoms with Gasteiger partial charge in [0.05, 0.1) is 4.34 Å². The Morgan fingerprint density at radius 3 is 2.74 bits per heavy atom. The third kappa shape index (κ3) is 3.43. The summed E-state index contributed by atoms with van der Waals surface area (Å²) in [6.45, 7) is 3.68. The highest BCUT2D eigenvalue weighted by Gasteiger charge is 2.30. The summed E-state index contributed by atoms with van der Waals surface area (Å²) in [6, 6.07) is 1.65. The molecule has 8 heteroatoms. The Morgan fingerprint density at radius 1 is 1.53 bits per heavy atom. The Morgan fingerprint density at radius 2 is 2.26 bits per heavy atom. The summed E-state index contributed by atoms with van der Waals surface area (Å²) in [4.78, 5) is 0.115. The van der Waals surface area contributed by atoms with Crippen LogP contribution in [0.25, 0.3) is 0 Å². The zero-order valence-corrected chi connectivity index (χ0v) is 13.7. The van der Waals surface area contributed by atoms with Gasteiger partial charge in [0, 0.05) is 19.1 Å². The highest BCUT2D eigenvalue weighted by Crippen LogP contribution is 2.35. The maximum absolute atomic E-state index is 12.5. The molecule has 1 aromatic rings. The molecule has 0 aliphatic carbocycles. The average Bonchev–Trinajstić information content (AvgIpc) is 2.95. The number of nitrogens with one attached hydrogen (secondary N) is 1. The summed E-state index contributed by atoms with van der Waals surface area (Å²) >= 11 is 12.9. The molecule has 0 radical (unpaired) electrons. The van der Waals surface area contributed by atoms with Gasteiger partial charge >= 0.3 is 0 Å². The highest BCUT2D eigenvalue weighted by atomic mass is 35.5. The van der Waals surface area contributed by atoms with Crippen LogP contribution in [-0.2, 0) is 10.0 Å².